The highest BCUT2D eigenvalue weighted by molar-refractivity contribution is 7.91. The van der Waals surface area contributed by atoms with E-state index < -0.39 is 73.6 Å². The summed E-state index contributed by atoms with van der Waals surface area (Å²) in [6.45, 7) is 13.4. The van der Waals surface area contributed by atoms with E-state index in [4.69, 9.17) is 9.47 Å². The van der Waals surface area contributed by atoms with Gasteiger partial charge in [0.05, 0.1) is 11.8 Å². The van der Waals surface area contributed by atoms with Crippen LogP contribution in [0.15, 0.2) is 43.0 Å². The number of thiophene rings is 1. The molecular weight excluding hydrogens is 717 g/mol. The third kappa shape index (κ3) is 7.91. The van der Waals surface area contributed by atoms with Crippen LogP contribution in [0.25, 0.3) is 11.1 Å². The fourth-order valence-corrected chi connectivity index (χ4v) is 10.1. The van der Waals surface area contributed by atoms with Crippen LogP contribution >= 0.6 is 11.3 Å². The number of sulfonamides is 1. The minimum atomic E-state index is -3.89. The zero-order valence-electron chi connectivity index (χ0n) is 31.5. The molecule has 0 unspecified atom stereocenters. The van der Waals surface area contributed by atoms with E-state index in [0.717, 1.165) is 42.4 Å². The number of carbonyl (C=O) groups excluding carboxylic acids is 4. The predicted octanol–water partition coefficient (Wildman–Crippen LogP) is 5.23. The molecule has 6 rings (SSSR count). The van der Waals surface area contributed by atoms with Gasteiger partial charge >= 0.3 is 6.09 Å². The summed E-state index contributed by atoms with van der Waals surface area (Å²) in [5.74, 6) is -2.48. The lowest BCUT2D eigenvalue weighted by Gasteiger charge is -2.36. The molecule has 1 aromatic carbocycles. The first-order valence-electron chi connectivity index (χ1n) is 18.4. The molecule has 1 aliphatic heterocycles. The van der Waals surface area contributed by atoms with Crippen LogP contribution in [0.5, 0.6) is 0 Å². The number of nitrogens with one attached hydrogen (secondary N) is 3. The number of ether oxygens (including phenoxy) is 2. The van der Waals surface area contributed by atoms with Gasteiger partial charge in [0.2, 0.25) is 21.8 Å². The molecule has 3 aliphatic carbocycles. The average Bonchev–Trinajstić information content (AvgIpc) is 3.94. The Morgan fingerprint density at radius 3 is 2.23 bits per heavy atom. The third-order valence-corrected chi connectivity index (χ3v) is 14.0. The predicted molar refractivity (Wildman–Crippen MR) is 202 cm³/mol. The largest absolute Gasteiger partial charge is 0.446 e. The second-order valence-electron chi connectivity index (χ2n) is 16.2. The van der Waals surface area contributed by atoms with Crippen molar-refractivity contribution in [2.24, 2.45) is 11.3 Å². The SMILES string of the molecule is C=C[C@@H]1C[C@]1(NC(=O)[C@@H]1C[C@@](OC)(c2ccc(-c3cc(C)sc3C)cc2)CN1C(=O)[C@@H](NC(=O)OC1CCCC1)C(C)(C)C)C(=O)NS(=O)(=O)C1CC1. The van der Waals surface area contributed by atoms with Crippen LogP contribution < -0.4 is 15.4 Å². The van der Waals surface area contributed by atoms with Crippen LogP contribution in [0.4, 0.5) is 4.79 Å². The molecule has 2 heterocycles. The molecule has 12 nitrogen and oxygen atoms in total. The van der Waals surface area contributed by atoms with Gasteiger partial charge in [-0.2, -0.15) is 0 Å². The maximum Gasteiger partial charge on any atom is 0.408 e. The summed E-state index contributed by atoms with van der Waals surface area (Å²) < 4.78 is 39.6. The summed E-state index contributed by atoms with van der Waals surface area (Å²) in [4.78, 5) is 59.8. The van der Waals surface area contributed by atoms with Gasteiger partial charge < -0.3 is 25.0 Å². The summed E-state index contributed by atoms with van der Waals surface area (Å²) >= 11 is 1.72. The molecule has 1 saturated heterocycles. The van der Waals surface area contributed by atoms with Gasteiger partial charge in [0.15, 0.2) is 0 Å². The first-order valence-corrected chi connectivity index (χ1v) is 20.8. The zero-order valence-corrected chi connectivity index (χ0v) is 33.1. The molecule has 5 atom stereocenters. The number of aryl methyl sites for hydroxylation is 2. The molecule has 1 aromatic heterocycles. The van der Waals surface area contributed by atoms with E-state index >= 15 is 0 Å². The van der Waals surface area contributed by atoms with Crippen LogP contribution in [0.2, 0.25) is 0 Å². The number of nitrogens with zero attached hydrogens (tertiary/aromatic N) is 1. The standard InChI is InChI=1S/C39H52N4O8S2/c1-8-26-20-39(26,35(46)42-53(48,49)29-17-18-29)41-33(44)31-21-38(50-7,27-15-13-25(14-16-27)30-19-23(2)52-24(30)3)22-43(31)34(45)32(37(4,5)6)40-36(47)51-28-11-9-10-12-28/h8,13-16,19,26,28-29,31-32H,1,9-12,17-18,20-22H2,2-7H3,(H,40,47)(H,41,44)(H,42,46)/t26-,31+,32-,38+,39-/m1/s1. The Morgan fingerprint density at radius 1 is 1.04 bits per heavy atom. The average molecular weight is 769 g/mol. The number of benzene rings is 1. The van der Waals surface area contributed by atoms with Gasteiger partial charge in [-0.05, 0) is 87.0 Å². The van der Waals surface area contributed by atoms with E-state index in [-0.39, 0.29) is 25.5 Å². The molecular formula is C39H52N4O8S2. The number of hydrogen-bond acceptors (Lipinski definition) is 9. The number of alkyl carbamates (subject to hydrolysis) is 1. The van der Waals surface area contributed by atoms with Crippen LogP contribution in [0.3, 0.4) is 0 Å². The summed E-state index contributed by atoms with van der Waals surface area (Å²) in [7, 11) is -2.36. The molecule has 0 radical (unpaired) electrons. The number of amides is 4. The molecule has 14 heteroatoms. The molecule has 3 N–H and O–H groups in total. The first-order chi connectivity index (χ1) is 24.9. The second kappa shape index (κ2) is 14.5. The third-order valence-electron chi connectivity index (χ3n) is 11.3. The van der Waals surface area contributed by atoms with Gasteiger partial charge in [-0.3, -0.25) is 19.1 Å². The molecule has 53 heavy (non-hydrogen) atoms. The van der Waals surface area contributed by atoms with Gasteiger partial charge in [0.1, 0.15) is 29.3 Å². The number of methoxy groups -OCH3 is 1. The van der Waals surface area contributed by atoms with Crippen LogP contribution in [0, 0.1) is 25.2 Å². The highest BCUT2D eigenvalue weighted by Gasteiger charge is 2.62. The summed E-state index contributed by atoms with van der Waals surface area (Å²) in [6.07, 6.45) is 5.20. The second-order valence-corrected chi connectivity index (χ2v) is 19.6. The Morgan fingerprint density at radius 2 is 1.70 bits per heavy atom. The lowest BCUT2D eigenvalue weighted by molar-refractivity contribution is -0.143. The Balaban J connectivity index is 1.32. The van der Waals surface area contributed by atoms with Crippen molar-refractivity contribution in [2.75, 3.05) is 13.7 Å². The van der Waals surface area contributed by atoms with Gasteiger partial charge in [-0.15, -0.1) is 17.9 Å². The van der Waals surface area contributed by atoms with Gasteiger partial charge in [0.25, 0.3) is 5.91 Å². The van der Waals surface area contributed by atoms with Gasteiger partial charge in [0, 0.05) is 29.2 Å². The zero-order chi connectivity index (χ0) is 38.5. The number of rotatable bonds is 12. The summed E-state index contributed by atoms with van der Waals surface area (Å²) in [5, 5.41) is 5.02. The number of likely N-dealkylation sites (tertiary alicyclic amines) is 1. The van der Waals surface area contributed by atoms with Crippen molar-refractivity contribution in [1.82, 2.24) is 20.3 Å². The topological polar surface area (TPSA) is 160 Å². The monoisotopic (exact) mass is 768 g/mol. The lowest BCUT2D eigenvalue weighted by atomic mass is 9.85. The van der Waals surface area contributed by atoms with Crippen molar-refractivity contribution in [3.05, 3.63) is 58.3 Å². The molecule has 4 amide bonds. The van der Waals surface area contributed by atoms with Gasteiger partial charge in [-0.25, -0.2) is 13.2 Å². The molecule has 4 fully saturated rings. The van der Waals surface area contributed by atoms with E-state index in [2.05, 4.69) is 41.8 Å². The molecule has 0 spiro atoms. The number of carbonyl (C=O) groups is 4. The minimum Gasteiger partial charge on any atom is -0.446 e. The van der Waals surface area contributed by atoms with E-state index in [0.29, 0.717) is 12.8 Å². The highest BCUT2D eigenvalue weighted by Crippen LogP contribution is 2.47. The van der Waals surface area contributed by atoms with Crippen LogP contribution in [-0.4, -0.2) is 79.8 Å². The van der Waals surface area contributed by atoms with E-state index in [1.54, 1.807) is 11.3 Å². The summed E-state index contributed by atoms with van der Waals surface area (Å²) in [5.41, 5.74) is -0.554. The fraction of sp³-hybridized carbons (Fsp3) is 0.590. The van der Waals surface area contributed by atoms with Crippen molar-refractivity contribution in [3.8, 4) is 11.1 Å². The molecule has 2 aromatic rings. The minimum absolute atomic E-state index is 0.0254. The van der Waals surface area contributed by atoms with E-state index in [9.17, 15) is 27.6 Å². The Labute approximate surface area is 316 Å². The quantitative estimate of drug-likeness (QED) is 0.248. The van der Waals surface area contributed by atoms with Crippen molar-refractivity contribution in [3.63, 3.8) is 0 Å². The van der Waals surface area contributed by atoms with E-state index in [1.165, 1.54) is 27.8 Å². The maximum atomic E-state index is 14.7. The first kappa shape index (κ1) is 39.0. The highest BCUT2D eigenvalue weighted by atomic mass is 32.2. The van der Waals surface area contributed by atoms with E-state index in [1.807, 2.05) is 45.0 Å². The van der Waals surface area contributed by atoms with Crippen LogP contribution in [-0.2, 0) is 39.5 Å². The fourth-order valence-electron chi connectivity index (χ4n) is 7.83. The van der Waals surface area contributed by atoms with Crippen molar-refractivity contribution in [2.45, 2.75) is 121 Å². The van der Waals surface area contributed by atoms with Crippen molar-refractivity contribution >= 4 is 45.2 Å². The maximum absolute atomic E-state index is 14.7. The van der Waals surface area contributed by atoms with Crippen molar-refractivity contribution < 1.29 is 37.1 Å². The summed E-state index contributed by atoms with van der Waals surface area (Å²) in [6, 6.07) is 7.82. The Kier molecular flexibility index (Phi) is 10.6. The molecule has 3 saturated carbocycles. The van der Waals surface area contributed by atoms with Crippen molar-refractivity contribution in [1.29, 1.82) is 0 Å². The Bertz CT molecular complexity index is 1880. The molecule has 0 bridgehead atoms. The molecule has 4 aliphatic rings. The Hall–Kier alpha value is -3.75. The number of hydrogen-bond donors (Lipinski definition) is 3. The smallest absolute Gasteiger partial charge is 0.408 e. The lowest BCUT2D eigenvalue weighted by Crippen LogP contribution is -2.60. The van der Waals surface area contributed by atoms with Gasteiger partial charge in [-0.1, -0.05) is 51.1 Å². The van der Waals surface area contributed by atoms with Crippen LogP contribution in [0.1, 0.15) is 87.5 Å². The molecule has 288 valence electrons. The normalized spacial score (nSPS) is 26.5.